The summed E-state index contributed by atoms with van der Waals surface area (Å²) in [5, 5.41) is 3.32. The summed E-state index contributed by atoms with van der Waals surface area (Å²) in [5.41, 5.74) is 3.13. The minimum absolute atomic E-state index is 0.167. The molecule has 31 heavy (non-hydrogen) atoms. The summed E-state index contributed by atoms with van der Waals surface area (Å²) in [6, 6.07) is 17.7. The maximum Gasteiger partial charge on any atom is 0.226 e. The molecule has 0 atom stereocenters. The van der Waals surface area contributed by atoms with Crippen LogP contribution in [0.2, 0.25) is 0 Å². The number of amides is 1. The first-order valence-electron chi connectivity index (χ1n) is 10.7. The summed E-state index contributed by atoms with van der Waals surface area (Å²) < 4.78 is 5.26. The van der Waals surface area contributed by atoms with Crippen LogP contribution in [0.5, 0.6) is 5.75 Å². The molecule has 6 heteroatoms. The molecule has 6 nitrogen and oxygen atoms in total. The predicted octanol–water partition coefficient (Wildman–Crippen LogP) is 4.49. The third kappa shape index (κ3) is 5.20. The van der Waals surface area contributed by atoms with Crippen molar-refractivity contribution in [2.75, 3.05) is 25.5 Å². The normalized spacial score (nSPS) is 14.3. The number of hydrogen-bond donors (Lipinski definition) is 1. The van der Waals surface area contributed by atoms with Gasteiger partial charge in [-0.25, -0.2) is 9.97 Å². The van der Waals surface area contributed by atoms with Crippen molar-refractivity contribution in [2.24, 2.45) is 0 Å². The molecule has 3 heterocycles. The highest BCUT2D eigenvalue weighted by molar-refractivity contribution is 5.79. The standard InChI is InChI=1S/C25H28N4O2/c1-18-6-5-13-26-25(18)28-23-10-4-9-22(27-23)20-11-14-29(15-12-20)24(30)17-19-7-3-8-21(16-19)31-2/h3-10,13,16,20H,11-12,14-15,17H2,1-2H3,(H,26,27,28). The van der Waals surface area contributed by atoms with Crippen molar-refractivity contribution in [1.82, 2.24) is 14.9 Å². The van der Waals surface area contributed by atoms with Gasteiger partial charge in [-0.3, -0.25) is 4.79 Å². The zero-order chi connectivity index (χ0) is 21.6. The highest BCUT2D eigenvalue weighted by Crippen LogP contribution is 2.28. The van der Waals surface area contributed by atoms with Gasteiger partial charge in [-0.1, -0.05) is 24.3 Å². The molecule has 1 saturated heterocycles. The summed E-state index contributed by atoms with van der Waals surface area (Å²) in [5.74, 6) is 2.93. The fourth-order valence-electron chi connectivity index (χ4n) is 3.98. The van der Waals surface area contributed by atoms with Crippen LogP contribution in [0.25, 0.3) is 0 Å². The van der Waals surface area contributed by atoms with E-state index in [-0.39, 0.29) is 5.91 Å². The molecule has 0 saturated carbocycles. The first kappa shape index (κ1) is 20.8. The van der Waals surface area contributed by atoms with Crippen molar-refractivity contribution in [1.29, 1.82) is 0 Å². The monoisotopic (exact) mass is 416 g/mol. The molecule has 1 aromatic carbocycles. The number of carbonyl (C=O) groups is 1. The molecule has 1 aliphatic heterocycles. The Balaban J connectivity index is 1.35. The van der Waals surface area contributed by atoms with Gasteiger partial charge in [0.15, 0.2) is 0 Å². The van der Waals surface area contributed by atoms with Gasteiger partial charge in [-0.2, -0.15) is 0 Å². The number of aromatic nitrogens is 2. The average molecular weight is 417 g/mol. The van der Waals surface area contributed by atoms with Crippen molar-refractivity contribution in [3.8, 4) is 5.75 Å². The molecule has 0 radical (unpaired) electrons. The van der Waals surface area contributed by atoms with Gasteiger partial charge in [-0.15, -0.1) is 0 Å². The molecule has 1 amide bonds. The Kier molecular flexibility index (Phi) is 6.46. The molecule has 2 aromatic heterocycles. The molecule has 1 fully saturated rings. The topological polar surface area (TPSA) is 67.3 Å². The number of pyridine rings is 2. The van der Waals surface area contributed by atoms with E-state index >= 15 is 0 Å². The van der Waals surface area contributed by atoms with Gasteiger partial charge in [0, 0.05) is 30.9 Å². The minimum atomic E-state index is 0.167. The lowest BCUT2D eigenvalue weighted by Gasteiger charge is -2.32. The van der Waals surface area contributed by atoms with Crippen molar-refractivity contribution in [3.05, 3.63) is 77.6 Å². The molecule has 0 spiro atoms. The Morgan fingerprint density at radius 3 is 2.71 bits per heavy atom. The van der Waals surface area contributed by atoms with E-state index in [2.05, 4.69) is 16.4 Å². The quantitative estimate of drug-likeness (QED) is 0.641. The van der Waals surface area contributed by atoms with Crippen molar-refractivity contribution in [3.63, 3.8) is 0 Å². The smallest absolute Gasteiger partial charge is 0.226 e. The van der Waals surface area contributed by atoms with Crippen molar-refractivity contribution < 1.29 is 9.53 Å². The zero-order valence-electron chi connectivity index (χ0n) is 18.0. The van der Waals surface area contributed by atoms with Crippen LogP contribution in [0.3, 0.4) is 0 Å². The number of hydrogen-bond acceptors (Lipinski definition) is 5. The third-order valence-electron chi connectivity index (χ3n) is 5.78. The number of methoxy groups -OCH3 is 1. The fourth-order valence-corrected chi connectivity index (χ4v) is 3.98. The van der Waals surface area contributed by atoms with Crippen molar-refractivity contribution >= 4 is 17.5 Å². The molecular formula is C25H28N4O2. The van der Waals surface area contributed by atoms with Gasteiger partial charge in [0.05, 0.1) is 13.5 Å². The number of nitrogens with one attached hydrogen (secondary N) is 1. The van der Waals surface area contributed by atoms with E-state index in [0.717, 1.165) is 60.1 Å². The van der Waals surface area contributed by atoms with E-state index < -0.39 is 0 Å². The molecule has 160 valence electrons. The summed E-state index contributed by atoms with van der Waals surface area (Å²) >= 11 is 0. The van der Waals surface area contributed by atoms with Crippen LogP contribution in [0.1, 0.15) is 35.6 Å². The largest absolute Gasteiger partial charge is 0.497 e. The molecule has 1 aliphatic rings. The number of piperidine rings is 1. The number of benzene rings is 1. The number of ether oxygens (including phenoxy) is 1. The minimum Gasteiger partial charge on any atom is -0.497 e. The van der Waals surface area contributed by atoms with Crippen LogP contribution >= 0.6 is 0 Å². The predicted molar refractivity (Wildman–Crippen MR) is 122 cm³/mol. The molecule has 0 bridgehead atoms. The first-order valence-corrected chi connectivity index (χ1v) is 10.7. The van der Waals surface area contributed by atoms with Gasteiger partial charge in [0.1, 0.15) is 17.4 Å². The Hall–Kier alpha value is -3.41. The third-order valence-corrected chi connectivity index (χ3v) is 5.78. The highest BCUT2D eigenvalue weighted by Gasteiger charge is 2.25. The lowest BCUT2D eigenvalue weighted by molar-refractivity contribution is -0.131. The number of rotatable bonds is 6. The number of nitrogens with zero attached hydrogens (tertiary/aromatic N) is 3. The van der Waals surface area contributed by atoms with Crippen LogP contribution in [0.4, 0.5) is 11.6 Å². The molecule has 0 unspecified atom stereocenters. The fraction of sp³-hybridized carbons (Fsp3) is 0.320. The molecule has 3 aromatic rings. The van der Waals surface area contributed by atoms with Gasteiger partial charge in [0.25, 0.3) is 0 Å². The van der Waals surface area contributed by atoms with Gasteiger partial charge < -0.3 is 15.0 Å². The maximum absolute atomic E-state index is 12.8. The number of aryl methyl sites for hydroxylation is 1. The van der Waals surface area contributed by atoms with Crippen LogP contribution in [-0.4, -0.2) is 41.0 Å². The average Bonchev–Trinajstić information content (AvgIpc) is 2.81. The first-order chi connectivity index (χ1) is 15.1. The Morgan fingerprint density at radius 2 is 1.94 bits per heavy atom. The second-order valence-electron chi connectivity index (χ2n) is 7.92. The molecule has 1 N–H and O–H groups in total. The molecule has 0 aliphatic carbocycles. The summed E-state index contributed by atoms with van der Waals surface area (Å²) in [6.45, 7) is 3.54. The van der Waals surface area contributed by atoms with E-state index in [4.69, 9.17) is 9.72 Å². The van der Waals surface area contributed by atoms with Crippen LogP contribution in [-0.2, 0) is 11.2 Å². The Bertz CT molecular complexity index is 1040. The van der Waals surface area contributed by atoms with Gasteiger partial charge in [0.2, 0.25) is 5.91 Å². The second-order valence-corrected chi connectivity index (χ2v) is 7.92. The lowest BCUT2D eigenvalue weighted by Crippen LogP contribution is -2.38. The maximum atomic E-state index is 12.8. The number of anilines is 2. The summed E-state index contributed by atoms with van der Waals surface area (Å²) in [6.07, 6.45) is 4.02. The molecular weight excluding hydrogens is 388 g/mol. The van der Waals surface area contributed by atoms with Crippen LogP contribution in [0, 0.1) is 6.92 Å². The van der Waals surface area contributed by atoms with Crippen LogP contribution < -0.4 is 10.1 Å². The number of likely N-dealkylation sites (tertiary alicyclic amines) is 1. The van der Waals surface area contributed by atoms with E-state index in [0.29, 0.717) is 12.3 Å². The van der Waals surface area contributed by atoms with E-state index in [1.807, 2.05) is 60.4 Å². The SMILES string of the molecule is COc1cccc(CC(=O)N2CCC(c3cccc(Nc4ncccc4C)n3)CC2)c1. The Labute approximate surface area is 183 Å². The van der Waals surface area contributed by atoms with Gasteiger partial charge >= 0.3 is 0 Å². The van der Waals surface area contributed by atoms with Crippen LogP contribution in [0.15, 0.2) is 60.8 Å². The van der Waals surface area contributed by atoms with E-state index in [1.54, 1.807) is 13.3 Å². The summed E-state index contributed by atoms with van der Waals surface area (Å²) in [7, 11) is 1.64. The van der Waals surface area contributed by atoms with E-state index in [1.165, 1.54) is 0 Å². The van der Waals surface area contributed by atoms with E-state index in [9.17, 15) is 4.79 Å². The molecule has 4 rings (SSSR count). The van der Waals surface area contributed by atoms with Gasteiger partial charge in [-0.05, 0) is 61.2 Å². The highest BCUT2D eigenvalue weighted by atomic mass is 16.5. The summed E-state index contributed by atoms with van der Waals surface area (Å²) in [4.78, 5) is 23.9. The lowest BCUT2D eigenvalue weighted by atomic mass is 9.92. The second kappa shape index (κ2) is 9.60. The Morgan fingerprint density at radius 1 is 1.13 bits per heavy atom. The van der Waals surface area contributed by atoms with Crippen molar-refractivity contribution in [2.45, 2.75) is 32.1 Å². The zero-order valence-corrected chi connectivity index (χ0v) is 18.0. The number of carbonyl (C=O) groups excluding carboxylic acids is 1.